The first-order chi connectivity index (χ1) is 17.3. The Bertz CT molecular complexity index is 1250. The lowest BCUT2D eigenvalue weighted by molar-refractivity contribution is -0.306. The molecule has 8 nitrogen and oxygen atoms in total. The molecule has 1 aromatic carbocycles. The fourth-order valence-electron chi connectivity index (χ4n) is 7.78. The van der Waals surface area contributed by atoms with Gasteiger partial charge < -0.3 is 29.4 Å². The third-order valence-corrected chi connectivity index (χ3v) is 9.63. The molecule has 2 aliphatic heterocycles. The molecule has 3 heterocycles. The first-order valence-corrected chi connectivity index (χ1v) is 13.0. The van der Waals surface area contributed by atoms with Crippen LogP contribution < -0.4 is 4.74 Å². The highest BCUT2D eigenvalue weighted by Gasteiger charge is 2.80. The van der Waals surface area contributed by atoms with Crippen LogP contribution in [0.2, 0.25) is 0 Å². The first-order valence-electron chi connectivity index (χ1n) is 13.0. The fraction of sp³-hybridized carbons (Fsp3) is 0.536. The number of carbonyl (C=O) groups excluding carboxylic acids is 1. The lowest BCUT2D eigenvalue weighted by atomic mass is 9.47. The van der Waals surface area contributed by atoms with Crippen LogP contribution in [0, 0.1) is 5.92 Å². The largest absolute Gasteiger partial charge is 0.504 e. The molecule has 3 N–H and O–H groups in total. The van der Waals surface area contributed by atoms with Gasteiger partial charge in [-0.25, -0.2) is 0 Å². The van der Waals surface area contributed by atoms with Crippen molar-refractivity contribution >= 4 is 12.0 Å². The van der Waals surface area contributed by atoms with Gasteiger partial charge in [0.05, 0.1) is 23.3 Å². The number of aliphatic hydroxyl groups is 2. The number of phenolic OH excluding ortho intramolecular Hbond substituents is 1. The van der Waals surface area contributed by atoms with Gasteiger partial charge in [0.2, 0.25) is 11.7 Å². The molecule has 7 rings (SSSR count). The Morgan fingerprint density at radius 1 is 1.22 bits per heavy atom. The smallest absolute Gasteiger partial charge is 0.246 e. The maximum Gasteiger partial charge on any atom is 0.246 e. The summed E-state index contributed by atoms with van der Waals surface area (Å²) in [6, 6.07) is 6.18. The van der Waals surface area contributed by atoms with Crippen molar-refractivity contribution in [2.75, 3.05) is 20.1 Å². The van der Waals surface area contributed by atoms with Crippen molar-refractivity contribution in [3.05, 3.63) is 53.5 Å². The summed E-state index contributed by atoms with van der Waals surface area (Å²) in [7, 11) is 1.66. The zero-order valence-electron chi connectivity index (χ0n) is 20.4. The second-order valence-corrected chi connectivity index (χ2v) is 11.3. The monoisotopic (exact) mass is 492 g/mol. The van der Waals surface area contributed by atoms with Crippen LogP contribution in [0.3, 0.4) is 0 Å². The minimum atomic E-state index is -1.87. The van der Waals surface area contributed by atoms with Gasteiger partial charge in [-0.2, -0.15) is 0 Å². The van der Waals surface area contributed by atoms with E-state index in [9.17, 15) is 20.1 Å². The Morgan fingerprint density at radius 2 is 2.06 bits per heavy atom. The van der Waals surface area contributed by atoms with E-state index in [1.807, 2.05) is 6.07 Å². The molecule has 1 aromatic heterocycles. The van der Waals surface area contributed by atoms with Crippen molar-refractivity contribution in [3.63, 3.8) is 0 Å². The Kier molecular flexibility index (Phi) is 4.58. The summed E-state index contributed by atoms with van der Waals surface area (Å²) in [5, 5.41) is 35.8. The van der Waals surface area contributed by atoms with Gasteiger partial charge in [0.1, 0.15) is 5.76 Å². The van der Waals surface area contributed by atoms with Gasteiger partial charge in [0.15, 0.2) is 11.5 Å². The lowest BCUT2D eigenvalue weighted by Crippen LogP contribution is -2.82. The predicted molar refractivity (Wildman–Crippen MR) is 130 cm³/mol. The van der Waals surface area contributed by atoms with E-state index >= 15 is 0 Å². The quantitative estimate of drug-likeness (QED) is 0.551. The molecule has 2 aromatic rings. The van der Waals surface area contributed by atoms with Gasteiger partial charge >= 0.3 is 0 Å². The van der Waals surface area contributed by atoms with Crippen LogP contribution >= 0.6 is 0 Å². The lowest BCUT2D eigenvalue weighted by Gasteiger charge is -2.66. The maximum atomic E-state index is 13.2. The average molecular weight is 493 g/mol. The van der Waals surface area contributed by atoms with Crippen molar-refractivity contribution < 1.29 is 29.3 Å². The van der Waals surface area contributed by atoms with E-state index in [1.54, 1.807) is 37.6 Å². The maximum absolute atomic E-state index is 13.2. The number of phenols is 1. The van der Waals surface area contributed by atoms with Crippen LogP contribution in [0.4, 0.5) is 0 Å². The summed E-state index contributed by atoms with van der Waals surface area (Å²) < 4.78 is 11.6. The number of aromatic hydroxyl groups is 1. The normalized spacial score (nSPS) is 36.5. The fourth-order valence-corrected chi connectivity index (χ4v) is 7.78. The van der Waals surface area contributed by atoms with E-state index in [2.05, 4.69) is 4.90 Å². The second-order valence-electron chi connectivity index (χ2n) is 11.3. The van der Waals surface area contributed by atoms with Gasteiger partial charge in [-0.05, 0) is 80.8 Å². The van der Waals surface area contributed by atoms with Gasteiger partial charge in [-0.15, -0.1) is 0 Å². The number of amides is 1. The highest BCUT2D eigenvalue weighted by Crippen LogP contribution is 2.69. The average Bonchev–Trinajstić information content (AvgIpc) is 3.41. The van der Waals surface area contributed by atoms with Crippen molar-refractivity contribution in [2.45, 2.75) is 67.4 Å². The van der Waals surface area contributed by atoms with E-state index in [-0.39, 0.29) is 23.4 Å². The third-order valence-electron chi connectivity index (χ3n) is 9.63. The van der Waals surface area contributed by atoms with Crippen molar-refractivity contribution in [3.8, 4) is 11.5 Å². The third kappa shape index (κ3) is 2.72. The van der Waals surface area contributed by atoms with Crippen molar-refractivity contribution in [1.82, 2.24) is 9.80 Å². The summed E-state index contributed by atoms with van der Waals surface area (Å²) >= 11 is 0. The summed E-state index contributed by atoms with van der Waals surface area (Å²) in [5.74, 6) is -0.722. The van der Waals surface area contributed by atoms with Crippen molar-refractivity contribution in [1.29, 1.82) is 0 Å². The molecule has 0 radical (unpaired) electrons. The molecule has 0 unspecified atom stereocenters. The van der Waals surface area contributed by atoms with E-state index in [0.717, 1.165) is 24.2 Å². The Balaban J connectivity index is 1.32. The SMILES string of the molecule is CN(C(=O)/C=C/c1ccco1)[C@@H]1CC[C@@]2(O)[C@H]3Cc4ccc(O)c5c4[C@@]2(CCN3CC2CC2)[C@@]1(O)O5. The number of furan rings is 1. The molecule has 3 fully saturated rings. The zero-order chi connectivity index (χ0) is 24.9. The first kappa shape index (κ1) is 22.4. The molecule has 2 saturated carbocycles. The predicted octanol–water partition coefficient (Wildman–Crippen LogP) is 2.41. The molecule has 1 saturated heterocycles. The molecule has 5 atom stereocenters. The summed E-state index contributed by atoms with van der Waals surface area (Å²) in [6.45, 7) is 1.69. The number of likely N-dealkylation sites (tertiary alicyclic amines) is 1. The van der Waals surface area contributed by atoms with E-state index in [1.165, 1.54) is 23.8 Å². The van der Waals surface area contributed by atoms with E-state index in [0.29, 0.717) is 37.4 Å². The van der Waals surface area contributed by atoms with Crippen LogP contribution in [0.25, 0.3) is 6.08 Å². The number of nitrogens with zero attached hydrogens (tertiary/aromatic N) is 2. The van der Waals surface area contributed by atoms with Crippen LogP contribution in [-0.4, -0.2) is 74.6 Å². The molecule has 3 aliphatic carbocycles. The minimum Gasteiger partial charge on any atom is -0.504 e. The molecule has 2 bridgehead atoms. The van der Waals surface area contributed by atoms with Crippen LogP contribution in [0.15, 0.2) is 41.0 Å². The van der Waals surface area contributed by atoms with Crippen LogP contribution in [0.5, 0.6) is 11.5 Å². The van der Waals surface area contributed by atoms with Gasteiger partial charge in [-0.3, -0.25) is 9.69 Å². The summed E-state index contributed by atoms with van der Waals surface area (Å²) in [6.07, 6.45) is 8.98. The number of piperidine rings is 1. The molecule has 5 aliphatic rings. The highest BCUT2D eigenvalue weighted by molar-refractivity contribution is 5.91. The molecule has 190 valence electrons. The van der Waals surface area contributed by atoms with Gasteiger partial charge in [-0.1, -0.05) is 6.07 Å². The summed E-state index contributed by atoms with van der Waals surface area (Å²) in [4.78, 5) is 17.1. The summed E-state index contributed by atoms with van der Waals surface area (Å²) in [5.41, 5.74) is -0.632. The number of benzene rings is 1. The molecular formula is C28H32N2O6. The van der Waals surface area contributed by atoms with E-state index in [4.69, 9.17) is 9.15 Å². The number of rotatable bonds is 5. The molecule has 1 amide bonds. The number of hydrogen-bond donors (Lipinski definition) is 3. The Labute approximate surface area is 209 Å². The Morgan fingerprint density at radius 3 is 2.81 bits per heavy atom. The zero-order valence-corrected chi connectivity index (χ0v) is 20.4. The standard InChI is InChI=1S/C28H32N2O6/c1-29(23(32)9-7-19-3-2-14-35-19)21-10-11-27(33)22-15-18-6-8-20(31)25-24(18)26(27,28(21,34)36-25)12-13-30(22)16-17-4-5-17/h2-3,6-9,14,17,21-22,31,33-34H,4-5,10-13,15-16H2,1H3/b9-7+/t21-,22-,26-,27-,28+/m1/s1. The number of carbonyl (C=O) groups is 1. The van der Waals surface area contributed by atoms with Crippen LogP contribution in [-0.2, 0) is 16.6 Å². The van der Waals surface area contributed by atoms with Crippen LogP contribution in [0.1, 0.15) is 49.0 Å². The van der Waals surface area contributed by atoms with Gasteiger partial charge in [0.25, 0.3) is 0 Å². The number of hydrogen-bond acceptors (Lipinski definition) is 7. The molecule has 1 spiro atoms. The second kappa shape index (κ2) is 7.37. The Hall–Kier alpha value is -2.81. The number of likely N-dealkylation sites (N-methyl/N-ethyl adjacent to an activating group) is 1. The van der Waals surface area contributed by atoms with Gasteiger partial charge in [0, 0.05) is 31.3 Å². The molecule has 8 heteroatoms. The van der Waals surface area contributed by atoms with E-state index < -0.39 is 22.8 Å². The number of ether oxygens (including phenoxy) is 1. The topological polar surface area (TPSA) is 107 Å². The minimum absolute atomic E-state index is 0.0439. The highest BCUT2D eigenvalue weighted by atomic mass is 16.6. The molecule has 36 heavy (non-hydrogen) atoms. The van der Waals surface area contributed by atoms with Crippen molar-refractivity contribution in [2.24, 2.45) is 5.92 Å². The molecular weight excluding hydrogens is 460 g/mol.